The second-order valence-corrected chi connectivity index (χ2v) is 11.1. The number of fused-ring (bicyclic) bond motifs is 2. The van der Waals surface area contributed by atoms with E-state index < -0.39 is 0 Å². The number of anilines is 1. The standard InChI is InChI=1S/C32H40N6O/c1-2-36-15-17-38(18-16-36)32(39)27-19-24-7-8-25(20-26(24)21-27)30-22-31(28-23-33-11-9-29(28)35-30)34-10-6-14-37-12-4-3-5-13-37/h7-9,11,19-20,22-23H,2-6,10,12-18,21H2,1H3,(H,34,35). The minimum atomic E-state index is 0.191. The van der Waals surface area contributed by atoms with Gasteiger partial charge in [-0.05, 0) is 80.8 Å². The molecule has 0 spiro atoms. The van der Waals surface area contributed by atoms with Crippen molar-refractivity contribution >= 4 is 28.6 Å². The van der Waals surface area contributed by atoms with Crippen LogP contribution in [-0.4, -0.2) is 89.5 Å². The third-order valence-corrected chi connectivity index (χ3v) is 8.56. The molecule has 1 aliphatic carbocycles. The van der Waals surface area contributed by atoms with Gasteiger partial charge in [0.1, 0.15) is 0 Å². The zero-order chi connectivity index (χ0) is 26.6. The van der Waals surface area contributed by atoms with Crippen LogP contribution in [0.15, 0.2) is 48.3 Å². The van der Waals surface area contributed by atoms with Crippen molar-refractivity contribution in [2.75, 3.05) is 64.2 Å². The summed E-state index contributed by atoms with van der Waals surface area (Å²) in [5.74, 6) is 0.191. The van der Waals surface area contributed by atoms with E-state index in [1.165, 1.54) is 37.9 Å². The number of piperidine rings is 1. The molecule has 39 heavy (non-hydrogen) atoms. The maximum Gasteiger partial charge on any atom is 0.250 e. The van der Waals surface area contributed by atoms with Crippen LogP contribution >= 0.6 is 0 Å². The van der Waals surface area contributed by atoms with Crippen molar-refractivity contribution in [2.45, 2.75) is 39.0 Å². The molecular weight excluding hydrogens is 484 g/mol. The predicted molar refractivity (Wildman–Crippen MR) is 159 cm³/mol. The van der Waals surface area contributed by atoms with Gasteiger partial charge in [0, 0.05) is 73.7 Å². The first-order chi connectivity index (χ1) is 19.2. The summed E-state index contributed by atoms with van der Waals surface area (Å²) in [4.78, 5) is 29.6. The number of amides is 1. The van der Waals surface area contributed by atoms with Crippen molar-refractivity contribution in [1.82, 2.24) is 24.7 Å². The maximum atomic E-state index is 13.2. The third kappa shape index (κ3) is 5.85. The van der Waals surface area contributed by atoms with E-state index in [0.717, 1.165) is 91.2 Å². The average molecular weight is 525 g/mol. The molecule has 2 fully saturated rings. The Kier molecular flexibility index (Phi) is 7.88. The van der Waals surface area contributed by atoms with Crippen LogP contribution in [0.4, 0.5) is 5.69 Å². The van der Waals surface area contributed by atoms with E-state index >= 15 is 0 Å². The predicted octanol–water partition coefficient (Wildman–Crippen LogP) is 4.69. The number of pyridine rings is 2. The van der Waals surface area contributed by atoms with E-state index in [0.29, 0.717) is 6.42 Å². The number of benzene rings is 1. The van der Waals surface area contributed by atoms with Crippen LogP contribution in [-0.2, 0) is 11.2 Å². The van der Waals surface area contributed by atoms with Crippen LogP contribution in [0.25, 0.3) is 28.2 Å². The van der Waals surface area contributed by atoms with Crippen molar-refractivity contribution in [3.8, 4) is 11.3 Å². The Morgan fingerprint density at radius 1 is 0.974 bits per heavy atom. The van der Waals surface area contributed by atoms with Crippen molar-refractivity contribution in [3.63, 3.8) is 0 Å². The molecule has 2 saturated heterocycles. The minimum Gasteiger partial charge on any atom is -0.384 e. The Morgan fingerprint density at radius 2 is 1.82 bits per heavy atom. The molecule has 6 rings (SSSR count). The van der Waals surface area contributed by atoms with E-state index in [1.807, 2.05) is 23.4 Å². The van der Waals surface area contributed by atoms with Crippen LogP contribution in [0.2, 0.25) is 0 Å². The first-order valence-electron chi connectivity index (χ1n) is 14.7. The van der Waals surface area contributed by atoms with Gasteiger partial charge >= 0.3 is 0 Å². The Morgan fingerprint density at radius 3 is 2.64 bits per heavy atom. The zero-order valence-corrected chi connectivity index (χ0v) is 23.2. The average Bonchev–Trinajstić information content (AvgIpc) is 3.43. The number of nitrogens with zero attached hydrogens (tertiary/aromatic N) is 5. The molecule has 0 bridgehead atoms. The fourth-order valence-electron chi connectivity index (χ4n) is 6.18. The molecule has 0 radical (unpaired) electrons. The fourth-order valence-corrected chi connectivity index (χ4v) is 6.18. The van der Waals surface area contributed by atoms with Gasteiger partial charge in [-0.3, -0.25) is 9.78 Å². The number of likely N-dealkylation sites (N-methyl/N-ethyl adjacent to an activating group) is 1. The molecule has 2 aromatic heterocycles. The number of piperazine rings is 1. The van der Waals surface area contributed by atoms with E-state index in [4.69, 9.17) is 4.98 Å². The first-order valence-corrected chi connectivity index (χ1v) is 14.7. The van der Waals surface area contributed by atoms with Crippen LogP contribution in [0.1, 0.15) is 43.7 Å². The van der Waals surface area contributed by atoms with E-state index in [9.17, 15) is 4.79 Å². The van der Waals surface area contributed by atoms with Crippen LogP contribution < -0.4 is 5.32 Å². The molecule has 4 heterocycles. The smallest absolute Gasteiger partial charge is 0.250 e. The number of rotatable bonds is 8. The third-order valence-electron chi connectivity index (χ3n) is 8.56. The van der Waals surface area contributed by atoms with Gasteiger partial charge in [0.15, 0.2) is 0 Å². The van der Waals surface area contributed by atoms with Gasteiger partial charge in [0.05, 0.1) is 11.2 Å². The highest BCUT2D eigenvalue weighted by molar-refractivity contribution is 6.00. The molecule has 0 unspecified atom stereocenters. The summed E-state index contributed by atoms with van der Waals surface area (Å²) in [6.45, 7) is 11.3. The second-order valence-electron chi connectivity index (χ2n) is 11.1. The summed E-state index contributed by atoms with van der Waals surface area (Å²) in [6.07, 6.45) is 11.7. The zero-order valence-electron chi connectivity index (χ0n) is 23.2. The molecule has 204 valence electrons. The van der Waals surface area contributed by atoms with Gasteiger partial charge < -0.3 is 20.0 Å². The monoisotopic (exact) mass is 524 g/mol. The number of nitrogens with one attached hydrogen (secondary N) is 1. The number of carbonyl (C=O) groups is 1. The normalized spacial score (nSPS) is 18.3. The van der Waals surface area contributed by atoms with Gasteiger partial charge in [-0.1, -0.05) is 25.5 Å². The highest BCUT2D eigenvalue weighted by Gasteiger charge is 2.26. The van der Waals surface area contributed by atoms with E-state index in [-0.39, 0.29) is 5.91 Å². The summed E-state index contributed by atoms with van der Waals surface area (Å²) in [7, 11) is 0. The Balaban J connectivity index is 1.15. The molecule has 7 nitrogen and oxygen atoms in total. The highest BCUT2D eigenvalue weighted by Crippen LogP contribution is 2.33. The summed E-state index contributed by atoms with van der Waals surface area (Å²) in [5.41, 5.74) is 7.32. The number of hydrogen-bond acceptors (Lipinski definition) is 6. The highest BCUT2D eigenvalue weighted by atomic mass is 16.2. The lowest BCUT2D eigenvalue weighted by molar-refractivity contribution is -0.128. The van der Waals surface area contributed by atoms with Crippen molar-refractivity contribution in [1.29, 1.82) is 0 Å². The van der Waals surface area contributed by atoms with Gasteiger partial charge in [0.2, 0.25) is 5.91 Å². The lowest BCUT2D eigenvalue weighted by Crippen LogP contribution is -2.48. The number of carbonyl (C=O) groups excluding carboxylic acids is 1. The molecule has 0 saturated carbocycles. The summed E-state index contributed by atoms with van der Waals surface area (Å²) in [6, 6.07) is 10.6. The van der Waals surface area contributed by atoms with Gasteiger partial charge in [-0.25, -0.2) is 4.98 Å². The lowest BCUT2D eigenvalue weighted by atomic mass is 10.0. The molecule has 3 aliphatic rings. The number of likely N-dealkylation sites (tertiary alicyclic amines) is 1. The summed E-state index contributed by atoms with van der Waals surface area (Å²) >= 11 is 0. The topological polar surface area (TPSA) is 64.6 Å². The molecule has 0 atom stereocenters. The molecule has 2 aliphatic heterocycles. The molecule has 7 heteroatoms. The van der Waals surface area contributed by atoms with Crippen LogP contribution in [0.5, 0.6) is 0 Å². The number of hydrogen-bond donors (Lipinski definition) is 1. The van der Waals surface area contributed by atoms with Crippen molar-refractivity contribution < 1.29 is 4.79 Å². The Bertz CT molecular complexity index is 1350. The van der Waals surface area contributed by atoms with Gasteiger partial charge in [0.25, 0.3) is 0 Å². The second kappa shape index (κ2) is 11.8. The minimum absolute atomic E-state index is 0.191. The van der Waals surface area contributed by atoms with Gasteiger partial charge in [-0.15, -0.1) is 0 Å². The van der Waals surface area contributed by atoms with E-state index in [2.05, 4.69) is 57.4 Å². The Labute approximate surface area is 231 Å². The molecule has 1 N–H and O–H groups in total. The fraction of sp³-hybridized carbons (Fsp3) is 0.469. The van der Waals surface area contributed by atoms with Gasteiger partial charge in [-0.2, -0.15) is 0 Å². The first kappa shape index (κ1) is 26.0. The van der Waals surface area contributed by atoms with Crippen LogP contribution in [0.3, 0.4) is 0 Å². The summed E-state index contributed by atoms with van der Waals surface area (Å²) < 4.78 is 0. The number of aromatic nitrogens is 2. The van der Waals surface area contributed by atoms with Crippen molar-refractivity contribution in [2.24, 2.45) is 0 Å². The quantitative estimate of drug-likeness (QED) is 0.432. The molecule has 3 aromatic rings. The molecule has 1 aromatic carbocycles. The maximum absolute atomic E-state index is 13.2. The SMILES string of the molecule is CCN1CCN(C(=O)C2=Cc3ccc(-c4cc(NCCCN5CCCCC5)c5cnccc5n4)cc3C2)CC1. The van der Waals surface area contributed by atoms with Crippen LogP contribution in [0, 0.1) is 0 Å². The molecular formula is C32H40N6O. The Hall–Kier alpha value is -3.29. The van der Waals surface area contributed by atoms with E-state index in [1.54, 1.807) is 0 Å². The van der Waals surface area contributed by atoms with Crippen molar-refractivity contribution in [3.05, 3.63) is 59.4 Å². The summed E-state index contributed by atoms with van der Waals surface area (Å²) in [5, 5.41) is 4.74. The molecule has 1 amide bonds. The lowest BCUT2D eigenvalue weighted by Gasteiger charge is -2.34. The largest absolute Gasteiger partial charge is 0.384 e.